The first-order chi connectivity index (χ1) is 7.74. The van der Waals surface area contributed by atoms with Gasteiger partial charge < -0.3 is 19.9 Å². The fourth-order valence-electron chi connectivity index (χ4n) is 1.48. The lowest BCUT2D eigenvalue weighted by Gasteiger charge is -2.22. The van der Waals surface area contributed by atoms with E-state index in [2.05, 4.69) is 5.32 Å². The third kappa shape index (κ3) is 4.74. The third-order valence-electron chi connectivity index (χ3n) is 2.41. The standard InChI is InChI=1S/C11H19NO4/c1-2-9(11(13)14)3-4-12-7-10-8-15-5-6-16-10/h3,10,12H,2,4-8H2,1H3,(H,13,14). The third-order valence-corrected chi connectivity index (χ3v) is 2.41. The topological polar surface area (TPSA) is 67.8 Å². The Morgan fingerprint density at radius 1 is 1.56 bits per heavy atom. The molecule has 1 heterocycles. The van der Waals surface area contributed by atoms with E-state index >= 15 is 0 Å². The van der Waals surface area contributed by atoms with E-state index in [1.165, 1.54) is 0 Å². The maximum absolute atomic E-state index is 10.7. The van der Waals surface area contributed by atoms with E-state index in [4.69, 9.17) is 14.6 Å². The lowest BCUT2D eigenvalue weighted by Crippen LogP contribution is -2.37. The van der Waals surface area contributed by atoms with Crippen LogP contribution < -0.4 is 5.32 Å². The first-order valence-corrected chi connectivity index (χ1v) is 5.56. The van der Waals surface area contributed by atoms with E-state index in [0.29, 0.717) is 44.9 Å². The minimum absolute atomic E-state index is 0.0806. The van der Waals surface area contributed by atoms with Crippen molar-refractivity contribution in [3.05, 3.63) is 11.6 Å². The number of hydrogen-bond donors (Lipinski definition) is 2. The molecule has 0 aliphatic carbocycles. The van der Waals surface area contributed by atoms with Gasteiger partial charge in [-0.15, -0.1) is 0 Å². The summed E-state index contributed by atoms with van der Waals surface area (Å²) in [4.78, 5) is 10.7. The summed E-state index contributed by atoms with van der Waals surface area (Å²) in [6.45, 7) is 4.98. The van der Waals surface area contributed by atoms with Gasteiger partial charge in [-0.2, -0.15) is 0 Å². The first kappa shape index (κ1) is 13.2. The van der Waals surface area contributed by atoms with Gasteiger partial charge >= 0.3 is 5.97 Å². The van der Waals surface area contributed by atoms with Crippen molar-refractivity contribution in [2.75, 3.05) is 32.9 Å². The maximum Gasteiger partial charge on any atom is 0.331 e. The smallest absolute Gasteiger partial charge is 0.331 e. The van der Waals surface area contributed by atoms with Crippen molar-refractivity contribution >= 4 is 5.97 Å². The molecule has 1 rings (SSSR count). The number of nitrogens with one attached hydrogen (secondary N) is 1. The second kappa shape index (κ2) is 7.38. The van der Waals surface area contributed by atoms with E-state index in [-0.39, 0.29) is 6.10 Å². The Morgan fingerprint density at radius 3 is 2.94 bits per heavy atom. The molecule has 0 radical (unpaired) electrons. The zero-order chi connectivity index (χ0) is 11.8. The lowest BCUT2D eigenvalue weighted by molar-refractivity contribution is -0.132. The highest BCUT2D eigenvalue weighted by Crippen LogP contribution is 2.00. The van der Waals surface area contributed by atoms with Crippen LogP contribution in [-0.2, 0) is 14.3 Å². The Hall–Kier alpha value is -0.910. The molecule has 1 saturated heterocycles. The average Bonchev–Trinajstić information content (AvgIpc) is 2.30. The highest BCUT2D eigenvalue weighted by atomic mass is 16.6. The van der Waals surface area contributed by atoms with Crippen molar-refractivity contribution in [3.8, 4) is 0 Å². The molecule has 0 aromatic rings. The molecule has 1 aliphatic rings. The van der Waals surface area contributed by atoms with Crippen LogP contribution in [0.4, 0.5) is 0 Å². The van der Waals surface area contributed by atoms with Crippen molar-refractivity contribution in [1.29, 1.82) is 0 Å². The van der Waals surface area contributed by atoms with Crippen LogP contribution in [0.1, 0.15) is 13.3 Å². The predicted octanol–water partition coefficient (Wildman–Crippen LogP) is 0.412. The van der Waals surface area contributed by atoms with E-state index in [1.807, 2.05) is 6.92 Å². The van der Waals surface area contributed by atoms with Crippen LogP contribution >= 0.6 is 0 Å². The summed E-state index contributed by atoms with van der Waals surface area (Å²) in [5.74, 6) is -0.846. The Balaban J connectivity index is 2.16. The molecule has 0 aromatic heterocycles. The number of hydrogen-bond acceptors (Lipinski definition) is 4. The molecule has 92 valence electrons. The summed E-state index contributed by atoms with van der Waals surface area (Å²) in [6.07, 6.45) is 2.32. The molecule has 5 heteroatoms. The molecule has 1 aliphatic heterocycles. The highest BCUT2D eigenvalue weighted by molar-refractivity contribution is 5.86. The molecule has 1 unspecified atom stereocenters. The molecular formula is C11H19NO4. The van der Waals surface area contributed by atoms with Gasteiger partial charge in [0.1, 0.15) is 0 Å². The van der Waals surface area contributed by atoms with Gasteiger partial charge in [-0.1, -0.05) is 13.0 Å². The van der Waals surface area contributed by atoms with Gasteiger partial charge in [0.25, 0.3) is 0 Å². The molecule has 1 atom stereocenters. The van der Waals surface area contributed by atoms with Crippen molar-refractivity contribution in [2.24, 2.45) is 0 Å². The fourth-order valence-corrected chi connectivity index (χ4v) is 1.48. The second-order valence-electron chi connectivity index (χ2n) is 3.61. The summed E-state index contributed by atoms with van der Waals surface area (Å²) < 4.78 is 10.7. The summed E-state index contributed by atoms with van der Waals surface area (Å²) >= 11 is 0. The van der Waals surface area contributed by atoms with Crippen molar-refractivity contribution in [2.45, 2.75) is 19.4 Å². The molecule has 0 saturated carbocycles. The summed E-state index contributed by atoms with van der Waals surface area (Å²) in [5, 5.41) is 11.9. The van der Waals surface area contributed by atoms with Crippen LogP contribution in [0.25, 0.3) is 0 Å². The summed E-state index contributed by atoms with van der Waals surface area (Å²) in [6, 6.07) is 0. The van der Waals surface area contributed by atoms with E-state index < -0.39 is 5.97 Å². The van der Waals surface area contributed by atoms with Gasteiger partial charge in [0.2, 0.25) is 0 Å². The molecule has 5 nitrogen and oxygen atoms in total. The summed E-state index contributed by atoms with van der Waals surface area (Å²) in [7, 11) is 0. The number of aliphatic carboxylic acids is 1. The molecule has 0 aromatic carbocycles. The molecule has 0 spiro atoms. The fraction of sp³-hybridized carbons (Fsp3) is 0.727. The number of carboxylic acid groups (broad SMARTS) is 1. The number of ether oxygens (including phenoxy) is 2. The van der Waals surface area contributed by atoms with Crippen LogP contribution in [-0.4, -0.2) is 50.1 Å². The first-order valence-electron chi connectivity index (χ1n) is 5.56. The molecule has 0 amide bonds. The maximum atomic E-state index is 10.7. The van der Waals surface area contributed by atoms with Gasteiger partial charge in [-0.3, -0.25) is 0 Å². The Labute approximate surface area is 95.4 Å². The molecular weight excluding hydrogens is 210 g/mol. The van der Waals surface area contributed by atoms with Gasteiger partial charge in [-0.05, 0) is 6.42 Å². The Bertz CT molecular complexity index is 246. The van der Waals surface area contributed by atoms with Crippen molar-refractivity contribution < 1.29 is 19.4 Å². The minimum Gasteiger partial charge on any atom is -0.478 e. The van der Waals surface area contributed by atoms with Gasteiger partial charge in [0, 0.05) is 18.7 Å². The molecule has 2 N–H and O–H groups in total. The van der Waals surface area contributed by atoms with Crippen LogP contribution in [0, 0.1) is 0 Å². The molecule has 0 bridgehead atoms. The quantitative estimate of drug-likeness (QED) is 0.510. The average molecular weight is 229 g/mol. The van der Waals surface area contributed by atoms with Crippen LogP contribution in [0.5, 0.6) is 0 Å². The number of carboxylic acids is 1. The summed E-state index contributed by atoms with van der Waals surface area (Å²) in [5.41, 5.74) is 0.438. The normalized spacial score (nSPS) is 22.1. The highest BCUT2D eigenvalue weighted by Gasteiger charge is 2.13. The zero-order valence-corrected chi connectivity index (χ0v) is 9.57. The lowest BCUT2D eigenvalue weighted by atomic mass is 10.2. The number of rotatable bonds is 6. The Morgan fingerprint density at radius 2 is 2.38 bits per heavy atom. The molecule has 16 heavy (non-hydrogen) atoms. The second-order valence-corrected chi connectivity index (χ2v) is 3.61. The largest absolute Gasteiger partial charge is 0.478 e. The van der Waals surface area contributed by atoms with E-state index in [1.54, 1.807) is 6.08 Å². The minimum atomic E-state index is -0.846. The Kier molecular flexibility index (Phi) is 6.07. The van der Waals surface area contributed by atoms with E-state index in [0.717, 1.165) is 0 Å². The monoisotopic (exact) mass is 229 g/mol. The number of carbonyl (C=O) groups is 1. The molecule has 1 fully saturated rings. The van der Waals surface area contributed by atoms with Crippen molar-refractivity contribution in [1.82, 2.24) is 5.32 Å². The van der Waals surface area contributed by atoms with Crippen molar-refractivity contribution in [3.63, 3.8) is 0 Å². The van der Waals surface area contributed by atoms with Crippen LogP contribution in [0.3, 0.4) is 0 Å². The van der Waals surface area contributed by atoms with Crippen LogP contribution in [0.15, 0.2) is 11.6 Å². The van der Waals surface area contributed by atoms with Crippen LogP contribution in [0.2, 0.25) is 0 Å². The zero-order valence-electron chi connectivity index (χ0n) is 9.57. The van der Waals surface area contributed by atoms with Gasteiger partial charge in [0.05, 0.1) is 25.9 Å². The van der Waals surface area contributed by atoms with Gasteiger partial charge in [0.15, 0.2) is 0 Å². The van der Waals surface area contributed by atoms with Gasteiger partial charge in [-0.25, -0.2) is 4.79 Å². The van der Waals surface area contributed by atoms with E-state index in [9.17, 15) is 4.79 Å². The SMILES string of the molecule is CCC(=CCNCC1COCCO1)C(=O)O. The predicted molar refractivity (Wildman–Crippen MR) is 59.4 cm³/mol.